The lowest BCUT2D eigenvalue weighted by Crippen LogP contribution is -2.46. The predicted molar refractivity (Wildman–Crippen MR) is 128 cm³/mol. The van der Waals surface area contributed by atoms with Gasteiger partial charge in [0, 0.05) is 32.0 Å². The van der Waals surface area contributed by atoms with E-state index in [4.69, 9.17) is 0 Å². The Labute approximate surface area is 200 Å². The third-order valence-electron chi connectivity index (χ3n) is 7.86. The molecule has 2 saturated heterocycles. The zero-order valence-electron chi connectivity index (χ0n) is 19.7. The van der Waals surface area contributed by atoms with Gasteiger partial charge in [0.25, 0.3) is 0 Å². The Morgan fingerprint density at radius 1 is 1.00 bits per heavy atom. The van der Waals surface area contributed by atoms with E-state index >= 15 is 0 Å². The number of aliphatic hydroxyl groups is 1. The second-order valence-corrected chi connectivity index (χ2v) is 10.1. The molecular weight excluding hydrogens is 428 g/mol. The summed E-state index contributed by atoms with van der Waals surface area (Å²) < 4.78 is 0. The number of amides is 3. The van der Waals surface area contributed by atoms with Crippen molar-refractivity contribution in [3.8, 4) is 0 Å². The van der Waals surface area contributed by atoms with Gasteiger partial charge >= 0.3 is 0 Å². The average Bonchev–Trinajstić information content (AvgIpc) is 3.65. The van der Waals surface area contributed by atoms with Crippen LogP contribution in [0.15, 0.2) is 54.6 Å². The number of imide groups is 1. The van der Waals surface area contributed by atoms with E-state index in [2.05, 4.69) is 0 Å². The van der Waals surface area contributed by atoms with Crippen molar-refractivity contribution in [1.82, 2.24) is 9.80 Å². The van der Waals surface area contributed by atoms with E-state index in [0.717, 1.165) is 29.5 Å². The van der Waals surface area contributed by atoms with Crippen molar-refractivity contribution in [3.63, 3.8) is 0 Å². The molecular formula is C28H32N2O4. The molecule has 0 spiro atoms. The summed E-state index contributed by atoms with van der Waals surface area (Å²) >= 11 is 0. The maximum absolute atomic E-state index is 13.7. The van der Waals surface area contributed by atoms with Crippen LogP contribution in [0, 0.1) is 12.8 Å². The molecule has 3 fully saturated rings. The lowest BCUT2D eigenvalue weighted by Gasteiger charge is -2.36. The molecule has 3 aliphatic rings. The standard InChI is InChI=1S/C28H32N2O4/c1-19-7-5-6-10-23(19)28(18-25(32)30(27(28)34)22-11-12-22)17-24(31)29-15-13-21(14-16-29)26(33)20-8-3-2-4-9-20/h2-10,21-22,26,33H,11-18H2,1H3. The molecule has 2 unspecified atom stereocenters. The smallest absolute Gasteiger partial charge is 0.241 e. The largest absolute Gasteiger partial charge is 0.388 e. The highest BCUT2D eigenvalue weighted by atomic mass is 16.3. The van der Waals surface area contributed by atoms with Gasteiger partial charge in [0.2, 0.25) is 17.7 Å². The van der Waals surface area contributed by atoms with Crippen molar-refractivity contribution in [2.24, 2.45) is 5.92 Å². The Bertz CT molecular complexity index is 1090. The second kappa shape index (κ2) is 8.99. The van der Waals surface area contributed by atoms with Crippen molar-refractivity contribution in [1.29, 1.82) is 0 Å². The van der Waals surface area contributed by atoms with Gasteiger partial charge in [0.1, 0.15) is 0 Å². The molecule has 5 rings (SSSR count). The van der Waals surface area contributed by atoms with E-state index in [0.29, 0.717) is 25.9 Å². The Kier molecular flexibility index (Phi) is 6.02. The van der Waals surface area contributed by atoms with E-state index in [9.17, 15) is 19.5 Å². The number of nitrogens with zero attached hydrogens (tertiary/aromatic N) is 2. The van der Waals surface area contributed by atoms with Crippen molar-refractivity contribution < 1.29 is 19.5 Å². The third-order valence-corrected chi connectivity index (χ3v) is 7.86. The first kappa shape index (κ1) is 22.8. The van der Waals surface area contributed by atoms with Gasteiger partial charge in [-0.15, -0.1) is 0 Å². The van der Waals surface area contributed by atoms with E-state index < -0.39 is 11.5 Å². The minimum Gasteiger partial charge on any atom is -0.388 e. The Hall–Kier alpha value is -2.99. The number of carbonyl (C=O) groups excluding carboxylic acids is 3. The summed E-state index contributed by atoms with van der Waals surface area (Å²) in [5.74, 6) is -0.364. The molecule has 2 aliphatic heterocycles. The Balaban J connectivity index is 1.33. The predicted octanol–water partition coefficient (Wildman–Crippen LogP) is 3.52. The van der Waals surface area contributed by atoms with Crippen molar-refractivity contribution >= 4 is 17.7 Å². The molecule has 6 nitrogen and oxygen atoms in total. The van der Waals surface area contributed by atoms with Gasteiger partial charge in [-0.3, -0.25) is 19.3 Å². The van der Waals surface area contributed by atoms with Gasteiger partial charge in [-0.1, -0.05) is 54.6 Å². The average molecular weight is 461 g/mol. The van der Waals surface area contributed by atoms with Crippen LogP contribution >= 0.6 is 0 Å². The molecule has 6 heteroatoms. The zero-order chi connectivity index (χ0) is 23.9. The summed E-state index contributed by atoms with van der Waals surface area (Å²) in [4.78, 5) is 43.4. The number of likely N-dealkylation sites (tertiary alicyclic amines) is 2. The van der Waals surface area contributed by atoms with Crippen LogP contribution in [0.1, 0.15) is 61.3 Å². The number of hydrogen-bond acceptors (Lipinski definition) is 4. The fourth-order valence-corrected chi connectivity index (χ4v) is 5.78. The fourth-order valence-electron chi connectivity index (χ4n) is 5.78. The highest BCUT2D eigenvalue weighted by Crippen LogP contribution is 2.45. The van der Waals surface area contributed by atoms with Crippen LogP contribution in [0.5, 0.6) is 0 Å². The van der Waals surface area contributed by atoms with Gasteiger partial charge in [0.05, 0.1) is 11.5 Å². The van der Waals surface area contributed by atoms with Gasteiger partial charge in [-0.2, -0.15) is 0 Å². The quantitative estimate of drug-likeness (QED) is 0.669. The number of benzene rings is 2. The first-order valence-electron chi connectivity index (χ1n) is 12.3. The van der Waals surface area contributed by atoms with E-state index in [1.54, 1.807) is 0 Å². The topological polar surface area (TPSA) is 77.9 Å². The third kappa shape index (κ3) is 4.05. The summed E-state index contributed by atoms with van der Waals surface area (Å²) in [6, 6.07) is 17.3. The SMILES string of the molecule is Cc1ccccc1C1(CC(=O)N2CCC(C(O)c3ccccc3)CC2)CC(=O)N(C2CC2)C1=O. The molecule has 2 aromatic rings. The van der Waals surface area contributed by atoms with Crippen molar-refractivity contribution in [2.75, 3.05) is 13.1 Å². The van der Waals surface area contributed by atoms with Gasteiger partial charge in [-0.25, -0.2) is 0 Å². The zero-order valence-corrected chi connectivity index (χ0v) is 19.7. The fraction of sp³-hybridized carbons (Fsp3) is 0.464. The van der Waals surface area contributed by atoms with Crippen LogP contribution in [0.4, 0.5) is 0 Å². The summed E-state index contributed by atoms with van der Waals surface area (Å²) in [7, 11) is 0. The molecule has 0 radical (unpaired) electrons. The second-order valence-electron chi connectivity index (χ2n) is 10.1. The lowest BCUT2D eigenvalue weighted by molar-refractivity contribution is -0.143. The van der Waals surface area contributed by atoms with Crippen LogP contribution in [0.25, 0.3) is 0 Å². The molecule has 3 amide bonds. The van der Waals surface area contributed by atoms with Crippen LogP contribution in [-0.2, 0) is 19.8 Å². The minimum absolute atomic E-state index is 0.00351. The highest BCUT2D eigenvalue weighted by Gasteiger charge is 2.57. The molecule has 34 heavy (non-hydrogen) atoms. The van der Waals surface area contributed by atoms with Crippen molar-refractivity contribution in [3.05, 3.63) is 71.3 Å². The van der Waals surface area contributed by atoms with Crippen LogP contribution in [0.2, 0.25) is 0 Å². The number of aryl methyl sites for hydroxylation is 1. The molecule has 2 heterocycles. The molecule has 0 aromatic heterocycles. The van der Waals surface area contributed by atoms with Crippen molar-refractivity contribution in [2.45, 2.75) is 63.0 Å². The summed E-state index contributed by atoms with van der Waals surface area (Å²) in [5.41, 5.74) is 1.50. The maximum atomic E-state index is 13.7. The monoisotopic (exact) mass is 460 g/mol. The summed E-state index contributed by atoms with van der Waals surface area (Å²) in [6.45, 7) is 3.03. The van der Waals surface area contributed by atoms with Gasteiger partial charge in [0.15, 0.2) is 0 Å². The van der Waals surface area contributed by atoms with E-state index in [1.807, 2.05) is 66.4 Å². The minimum atomic E-state index is -1.12. The van der Waals surface area contributed by atoms with Crippen LogP contribution < -0.4 is 0 Å². The molecule has 1 N–H and O–H groups in total. The molecule has 178 valence electrons. The lowest BCUT2D eigenvalue weighted by atomic mass is 9.73. The number of hydrogen-bond donors (Lipinski definition) is 1. The van der Waals surface area contributed by atoms with Gasteiger partial charge < -0.3 is 10.0 Å². The normalized spacial score (nSPS) is 24.5. The van der Waals surface area contributed by atoms with Gasteiger partial charge in [-0.05, 0) is 55.2 Å². The number of aliphatic hydroxyl groups excluding tert-OH is 1. The van der Waals surface area contributed by atoms with E-state index in [-0.39, 0.29) is 42.5 Å². The Morgan fingerprint density at radius 2 is 1.65 bits per heavy atom. The maximum Gasteiger partial charge on any atom is 0.241 e. The first-order chi connectivity index (χ1) is 16.4. The molecule has 2 atom stereocenters. The number of carbonyl (C=O) groups is 3. The summed E-state index contributed by atoms with van der Waals surface area (Å²) in [5, 5.41) is 10.8. The number of rotatable bonds is 6. The molecule has 2 aromatic carbocycles. The molecule has 1 aliphatic carbocycles. The van der Waals surface area contributed by atoms with Crippen LogP contribution in [-0.4, -0.2) is 51.8 Å². The van der Waals surface area contributed by atoms with Crippen LogP contribution in [0.3, 0.4) is 0 Å². The number of piperidine rings is 1. The molecule has 1 saturated carbocycles. The highest BCUT2D eigenvalue weighted by molar-refractivity contribution is 6.11. The first-order valence-corrected chi connectivity index (χ1v) is 12.3. The van der Waals surface area contributed by atoms with E-state index in [1.165, 1.54) is 4.90 Å². The molecule has 0 bridgehead atoms. The summed E-state index contributed by atoms with van der Waals surface area (Å²) in [6.07, 6.45) is 2.65. The Morgan fingerprint density at radius 3 is 2.29 bits per heavy atom.